The van der Waals surface area contributed by atoms with Gasteiger partial charge in [-0.25, -0.2) is 0 Å². The van der Waals surface area contributed by atoms with Crippen molar-refractivity contribution in [2.24, 2.45) is 5.73 Å². The molecule has 1 aliphatic rings. The van der Waals surface area contributed by atoms with Gasteiger partial charge in [-0.1, -0.05) is 29.8 Å². The molecule has 1 fully saturated rings. The van der Waals surface area contributed by atoms with Crippen LogP contribution in [-0.4, -0.2) is 29.4 Å². The van der Waals surface area contributed by atoms with Crippen LogP contribution in [0.1, 0.15) is 37.3 Å². The number of amides is 1. The second-order valence-corrected chi connectivity index (χ2v) is 5.87. The minimum Gasteiger partial charge on any atom is -0.336 e. The lowest BCUT2D eigenvalue weighted by molar-refractivity contribution is -0.138. The van der Waals surface area contributed by atoms with Crippen molar-refractivity contribution in [2.45, 2.75) is 45.1 Å². The maximum Gasteiger partial charge on any atom is 0.227 e. The monoisotopic (exact) mass is 260 g/mol. The van der Waals surface area contributed by atoms with Crippen molar-refractivity contribution in [2.75, 3.05) is 13.1 Å². The predicted octanol–water partition coefficient (Wildman–Crippen LogP) is 2.27. The van der Waals surface area contributed by atoms with E-state index < -0.39 is 0 Å². The van der Waals surface area contributed by atoms with Crippen LogP contribution in [0.3, 0.4) is 0 Å². The number of carbonyl (C=O) groups excluding carboxylic acids is 1. The SMILES string of the molecule is Cc1cccc(CC(=O)N2CCCCC2(C)CN)c1. The van der Waals surface area contributed by atoms with Crippen molar-refractivity contribution in [1.29, 1.82) is 0 Å². The van der Waals surface area contributed by atoms with Gasteiger partial charge in [0, 0.05) is 13.1 Å². The fraction of sp³-hybridized carbons (Fsp3) is 0.562. The lowest BCUT2D eigenvalue weighted by atomic mass is 9.88. The Hall–Kier alpha value is -1.35. The first-order valence-corrected chi connectivity index (χ1v) is 7.11. The molecule has 1 atom stereocenters. The van der Waals surface area contributed by atoms with E-state index in [-0.39, 0.29) is 11.4 Å². The van der Waals surface area contributed by atoms with Crippen LogP contribution in [0.15, 0.2) is 24.3 Å². The summed E-state index contributed by atoms with van der Waals surface area (Å²) >= 11 is 0. The molecule has 0 bridgehead atoms. The molecule has 0 spiro atoms. The smallest absolute Gasteiger partial charge is 0.227 e. The first kappa shape index (κ1) is 14.1. The van der Waals surface area contributed by atoms with Gasteiger partial charge in [0.15, 0.2) is 0 Å². The summed E-state index contributed by atoms with van der Waals surface area (Å²) in [5, 5.41) is 0. The molecule has 0 radical (unpaired) electrons. The number of likely N-dealkylation sites (tertiary alicyclic amines) is 1. The number of hydrogen-bond acceptors (Lipinski definition) is 2. The van der Waals surface area contributed by atoms with E-state index in [1.54, 1.807) is 0 Å². The minimum atomic E-state index is -0.154. The summed E-state index contributed by atoms with van der Waals surface area (Å²) in [7, 11) is 0. The van der Waals surface area contributed by atoms with E-state index in [0.29, 0.717) is 13.0 Å². The number of hydrogen-bond donors (Lipinski definition) is 1. The molecule has 1 aromatic rings. The Morgan fingerprint density at radius 2 is 2.21 bits per heavy atom. The van der Waals surface area contributed by atoms with Gasteiger partial charge in [0.05, 0.1) is 12.0 Å². The first-order valence-electron chi connectivity index (χ1n) is 7.11. The van der Waals surface area contributed by atoms with E-state index in [4.69, 9.17) is 5.73 Å². The zero-order valence-electron chi connectivity index (χ0n) is 12.0. The molecule has 1 aliphatic heterocycles. The molecule has 2 N–H and O–H groups in total. The Balaban J connectivity index is 2.10. The van der Waals surface area contributed by atoms with Crippen LogP contribution in [0, 0.1) is 6.92 Å². The van der Waals surface area contributed by atoms with E-state index in [9.17, 15) is 4.79 Å². The molecule has 0 saturated carbocycles. The van der Waals surface area contributed by atoms with Gasteiger partial charge in [-0.15, -0.1) is 0 Å². The number of carbonyl (C=O) groups is 1. The third-order valence-electron chi connectivity index (χ3n) is 4.18. The van der Waals surface area contributed by atoms with Gasteiger partial charge >= 0.3 is 0 Å². The Kier molecular flexibility index (Phi) is 4.25. The van der Waals surface area contributed by atoms with E-state index in [0.717, 1.165) is 24.9 Å². The minimum absolute atomic E-state index is 0.154. The molecule has 1 unspecified atom stereocenters. The maximum absolute atomic E-state index is 12.5. The maximum atomic E-state index is 12.5. The molecule has 0 aliphatic carbocycles. The molecule has 3 nitrogen and oxygen atoms in total. The Labute approximate surface area is 115 Å². The van der Waals surface area contributed by atoms with Crippen molar-refractivity contribution in [1.82, 2.24) is 4.90 Å². The van der Waals surface area contributed by atoms with E-state index >= 15 is 0 Å². The number of benzene rings is 1. The highest BCUT2D eigenvalue weighted by Crippen LogP contribution is 2.27. The van der Waals surface area contributed by atoms with Crippen LogP contribution in [0.4, 0.5) is 0 Å². The third-order valence-corrected chi connectivity index (χ3v) is 4.18. The van der Waals surface area contributed by atoms with Gasteiger partial charge in [-0.05, 0) is 38.7 Å². The average molecular weight is 260 g/mol. The summed E-state index contributed by atoms with van der Waals surface area (Å²) in [4.78, 5) is 14.5. The fourth-order valence-electron chi connectivity index (χ4n) is 2.91. The van der Waals surface area contributed by atoms with Crippen molar-refractivity contribution in [3.63, 3.8) is 0 Å². The molecule has 19 heavy (non-hydrogen) atoms. The van der Waals surface area contributed by atoms with Crippen LogP contribution in [-0.2, 0) is 11.2 Å². The van der Waals surface area contributed by atoms with E-state index in [1.807, 2.05) is 17.0 Å². The average Bonchev–Trinajstić information content (AvgIpc) is 2.39. The van der Waals surface area contributed by atoms with E-state index in [2.05, 4.69) is 26.0 Å². The quantitative estimate of drug-likeness (QED) is 0.906. The van der Waals surface area contributed by atoms with Gasteiger partial charge in [0.1, 0.15) is 0 Å². The Bertz CT molecular complexity index is 458. The van der Waals surface area contributed by atoms with E-state index in [1.165, 1.54) is 12.0 Å². The lowest BCUT2D eigenvalue weighted by Crippen LogP contribution is -2.57. The molecule has 1 aromatic carbocycles. The zero-order chi connectivity index (χ0) is 13.9. The molecule has 3 heteroatoms. The number of nitrogens with two attached hydrogens (primary N) is 1. The van der Waals surface area contributed by atoms with Crippen LogP contribution in [0.25, 0.3) is 0 Å². The summed E-state index contributed by atoms with van der Waals surface area (Å²) in [5.74, 6) is 0.207. The fourth-order valence-corrected chi connectivity index (χ4v) is 2.91. The summed E-state index contributed by atoms with van der Waals surface area (Å²) in [5.41, 5.74) is 8.03. The van der Waals surface area contributed by atoms with Crippen LogP contribution in [0.5, 0.6) is 0 Å². The second kappa shape index (κ2) is 5.74. The zero-order valence-corrected chi connectivity index (χ0v) is 12.0. The van der Waals surface area contributed by atoms with Crippen LogP contribution in [0.2, 0.25) is 0 Å². The van der Waals surface area contributed by atoms with Gasteiger partial charge in [0.25, 0.3) is 0 Å². The van der Waals surface area contributed by atoms with Crippen molar-refractivity contribution < 1.29 is 4.79 Å². The summed E-state index contributed by atoms with van der Waals surface area (Å²) < 4.78 is 0. The van der Waals surface area contributed by atoms with Gasteiger partial charge in [-0.3, -0.25) is 4.79 Å². The second-order valence-electron chi connectivity index (χ2n) is 5.87. The van der Waals surface area contributed by atoms with Gasteiger partial charge in [0.2, 0.25) is 5.91 Å². The van der Waals surface area contributed by atoms with Crippen molar-refractivity contribution in [3.8, 4) is 0 Å². The molecule has 1 heterocycles. The highest BCUT2D eigenvalue weighted by molar-refractivity contribution is 5.79. The molecule has 0 aromatic heterocycles. The summed E-state index contributed by atoms with van der Waals surface area (Å²) in [6, 6.07) is 8.17. The molecule has 1 amide bonds. The number of rotatable bonds is 3. The lowest BCUT2D eigenvalue weighted by Gasteiger charge is -2.44. The molecule has 2 rings (SSSR count). The van der Waals surface area contributed by atoms with Crippen molar-refractivity contribution >= 4 is 5.91 Å². The topological polar surface area (TPSA) is 46.3 Å². The van der Waals surface area contributed by atoms with Crippen LogP contribution < -0.4 is 5.73 Å². The normalized spacial score (nSPS) is 23.4. The Morgan fingerprint density at radius 3 is 2.89 bits per heavy atom. The first-order chi connectivity index (χ1) is 9.05. The third kappa shape index (κ3) is 3.16. The van der Waals surface area contributed by atoms with Gasteiger partial charge < -0.3 is 10.6 Å². The molecule has 1 saturated heterocycles. The predicted molar refractivity (Wildman–Crippen MR) is 77.9 cm³/mol. The molecular formula is C16H24N2O. The standard InChI is InChI=1S/C16H24N2O/c1-13-6-5-7-14(10-13)11-15(19)18-9-4-3-8-16(18,2)12-17/h5-7,10H,3-4,8-9,11-12,17H2,1-2H3. The van der Waals surface area contributed by atoms with Crippen molar-refractivity contribution in [3.05, 3.63) is 35.4 Å². The number of piperidine rings is 1. The highest BCUT2D eigenvalue weighted by atomic mass is 16.2. The molecule has 104 valence electrons. The largest absolute Gasteiger partial charge is 0.336 e. The Morgan fingerprint density at radius 1 is 1.42 bits per heavy atom. The number of aryl methyl sites for hydroxylation is 1. The summed E-state index contributed by atoms with van der Waals surface area (Å²) in [6.45, 7) is 5.56. The molecular weight excluding hydrogens is 236 g/mol. The number of nitrogens with zero attached hydrogens (tertiary/aromatic N) is 1. The van der Waals surface area contributed by atoms with Gasteiger partial charge in [-0.2, -0.15) is 0 Å². The summed E-state index contributed by atoms with van der Waals surface area (Å²) in [6.07, 6.45) is 3.76. The highest BCUT2D eigenvalue weighted by Gasteiger charge is 2.35. The van der Waals surface area contributed by atoms with Crippen LogP contribution >= 0.6 is 0 Å².